The number of rotatable bonds is 5. The third-order valence-corrected chi connectivity index (χ3v) is 2.13. The van der Waals surface area contributed by atoms with Crippen molar-refractivity contribution in [3.8, 4) is 5.75 Å². The van der Waals surface area contributed by atoms with Gasteiger partial charge < -0.3 is 9.84 Å². The van der Waals surface area contributed by atoms with E-state index in [1.54, 1.807) is 12.1 Å². The normalized spacial score (nSPS) is 12.1. The monoisotopic (exact) mass is 208 g/mol. The van der Waals surface area contributed by atoms with Gasteiger partial charge in [-0.15, -0.1) is 0 Å². The van der Waals surface area contributed by atoms with E-state index in [4.69, 9.17) is 9.84 Å². The number of aryl methyl sites for hydroxylation is 1. The predicted molar refractivity (Wildman–Crippen MR) is 58.1 cm³/mol. The molecule has 0 aromatic heterocycles. The van der Waals surface area contributed by atoms with Crippen molar-refractivity contribution >= 4 is 5.97 Å². The van der Waals surface area contributed by atoms with Crippen LogP contribution in [-0.4, -0.2) is 17.2 Å². The Hall–Kier alpha value is -1.51. The van der Waals surface area contributed by atoms with E-state index in [2.05, 4.69) is 0 Å². The highest BCUT2D eigenvalue weighted by Crippen LogP contribution is 2.15. The van der Waals surface area contributed by atoms with Crippen molar-refractivity contribution in [2.24, 2.45) is 0 Å². The minimum atomic E-state index is -0.905. The maximum Gasteiger partial charge on any atom is 0.344 e. The average Bonchev–Trinajstić information content (AvgIpc) is 2.20. The Labute approximate surface area is 89.7 Å². The second-order valence-corrected chi connectivity index (χ2v) is 3.55. The van der Waals surface area contributed by atoms with Crippen LogP contribution in [0.5, 0.6) is 5.75 Å². The molecule has 0 aliphatic heterocycles. The second kappa shape index (κ2) is 5.39. The summed E-state index contributed by atoms with van der Waals surface area (Å²) in [5.74, 6) is -0.293. The van der Waals surface area contributed by atoms with Crippen LogP contribution in [0.2, 0.25) is 0 Å². The SMILES string of the molecule is CCC[C@H](Oc1ccc(C)cc1)C(=O)O. The lowest BCUT2D eigenvalue weighted by molar-refractivity contribution is -0.145. The lowest BCUT2D eigenvalue weighted by atomic mass is 10.2. The van der Waals surface area contributed by atoms with Crippen LogP contribution in [-0.2, 0) is 4.79 Å². The maximum absolute atomic E-state index is 10.8. The number of carboxylic acids is 1. The van der Waals surface area contributed by atoms with Crippen LogP contribution in [0.25, 0.3) is 0 Å². The average molecular weight is 208 g/mol. The van der Waals surface area contributed by atoms with Gasteiger partial charge in [-0.05, 0) is 25.5 Å². The van der Waals surface area contributed by atoms with Crippen molar-refractivity contribution in [1.29, 1.82) is 0 Å². The van der Waals surface area contributed by atoms with Gasteiger partial charge in [0.25, 0.3) is 0 Å². The summed E-state index contributed by atoms with van der Waals surface area (Å²) in [7, 11) is 0. The standard InChI is InChI=1S/C12H16O3/c1-3-4-11(12(13)14)15-10-7-5-9(2)6-8-10/h5-8,11H,3-4H2,1-2H3,(H,13,14)/t11-/m0/s1. The highest BCUT2D eigenvalue weighted by Gasteiger charge is 2.17. The van der Waals surface area contributed by atoms with Crippen LogP contribution in [0.1, 0.15) is 25.3 Å². The number of ether oxygens (including phenoxy) is 1. The van der Waals surface area contributed by atoms with E-state index in [-0.39, 0.29) is 0 Å². The first-order valence-electron chi connectivity index (χ1n) is 5.09. The van der Waals surface area contributed by atoms with E-state index in [0.29, 0.717) is 12.2 Å². The summed E-state index contributed by atoms with van der Waals surface area (Å²) in [5, 5.41) is 8.90. The molecule has 1 N–H and O–H groups in total. The van der Waals surface area contributed by atoms with Gasteiger partial charge in [-0.25, -0.2) is 4.79 Å². The van der Waals surface area contributed by atoms with Crippen LogP contribution < -0.4 is 4.74 Å². The van der Waals surface area contributed by atoms with Crippen molar-refractivity contribution in [3.05, 3.63) is 29.8 Å². The molecular weight excluding hydrogens is 192 g/mol. The first kappa shape index (κ1) is 11.6. The summed E-state index contributed by atoms with van der Waals surface area (Å²) in [6, 6.07) is 7.39. The molecule has 0 heterocycles. The summed E-state index contributed by atoms with van der Waals surface area (Å²) in [6.45, 7) is 3.92. The van der Waals surface area contributed by atoms with Crippen molar-refractivity contribution in [3.63, 3.8) is 0 Å². The Morgan fingerprint density at radius 1 is 1.40 bits per heavy atom. The van der Waals surface area contributed by atoms with Gasteiger partial charge in [0.1, 0.15) is 5.75 Å². The van der Waals surface area contributed by atoms with Crippen LogP contribution >= 0.6 is 0 Å². The predicted octanol–water partition coefficient (Wildman–Crippen LogP) is 2.63. The molecule has 82 valence electrons. The minimum absolute atomic E-state index is 0.531. The molecule has 0 saturated heterocycles. The van der Waals surface area contributed by atoms with Crippen molar-refractivity contribution in [2.75, 3.05) is 0 Å². The number of carbonyl (C=O) groups is 1. The maximum atomic E-state index is 10.8. The lowest BCUT2D eigenvalue weighted by Crippen LogP contribution is -2.26. The quantitative estimate of drug-likeness (QED) is 0.809. The van der Waals surface area contributed by atoms with Gasteiger partial charge in [0, 0.05) is 0 Å². The molecule has 15 heavy (non-hydrogen) atoms. The van der Waals surface area contributed by atoms with Gasteiger partial charge in [-0.3, -0.25) is 0 Å². The molecule has 0 aliphatic rings. The topological polar surface area (TPSA) is 46.5 Å². The summed E-state index contributed by atoms with van der Waals surface area (Å²) in [6.07, 6.45) is 0.587. The molecule has 1 rings (SSSR count). The summed E-state index contributed by atoms with van der Waals surface area (Å²) in [5.41, 5.74) is 1.13. The summed E-state index contributed by atoms with van der Waals surface area (Å²) in [4.78, 5) is 10.8. The van der Waals surface area contributed by atoms with Crippen LogP contribution in [0, 0.1) is 6.92 Å². The fourth-order valence-electron chi connectivity index (χ4n) is 1.28. The minimum Gasteiger partial charge on any atom is -0.479 e. The molecule has 0 spiro atoms. The first-order valence-corrected chi connectivity index (χ1v) is 5.09. The van der Waals surface area contributed by atoms with Gasteiger partial charge in [0.15, 0.2) is 6.10 Å². The van der Waals surface area contributed by atoms with E-state index in [1.165, 1.54) is 0 Å². The first-order chi connectivity index (χ1) is 7.13. The Morgan fingerprint density at radius 2 is 2.00 bits per heavy atom. The van der Waals surface area contributed by atoms with E-state index in [1.807, 2.05) is 26.0 Å². The number of hydrogen-bond donors (Lipinski definition) is 1. The number of carboxylic acid groups (broad SMARTS) is 1. The van der Waals surface area contributed by atoms with Gasteiger partial charge in [0.05, 0.1) is 0 Å². The number of hydrogen-bond acceptors (Lipinski definition) is 2. The Kier molecular flexibility index (Phi) is 4.16. The second-order valence-electron chi connectivity index (χ2n) is 3.55. The van der Waals surface area contributed by atoms with Gasteiger partial charge in [-0.1, -0.05) is 31.0 Å². The van der Waals surface area contributed by atoms with E-state index in [0.717, 1.165) is 12.0 Å². The molecule has 3 heteroatoms. The van der Waals surface area contributed by atoms with Crippen LogP contribution in [0.15, 0.2) is 24.3 Å². The molecule has 0 unspecified atom stereocenters. The highest BCUT2D eigenvalue weighted by molar-refractivity contribution is 5.72. The fraction of sp³-hybridized carbons (Fsp3) is 0.417. The molecule has 0 bridgehead atoms. The largest absolute Gasteiger partial charge is 0.479 e. The fourth-order valence-corrected chi connectivity index (χ4v) is 1.28. The molecule has 0 radical (unpaired) electrons. The van der Waals surface area contributed by atoms with Crippen molar-refractivity contribution in [2.45, 2.75) is 32.8 Å². The van der Waals surface area contributed by atoms with Crippen LogP contribution in [0.3, 0.4) is 0 Å². The zero-order chi connectivity index (χ0) is 11.3. The third kappa shape index (κ3) is 3.62. The molecule has 0 aliphatic carbocycles. The van der Waals surface area contributed by atoms with E-state index >= 15 is 0 Å². The lowest BCUT2D eigenvalue weighted by Gasteiger charge is -2.14. The summed E-state index contributed by atoms with van der Waals surface area (Å²) >= 11 is 0. The molecule has 0 saturated carbocycles. The smallest absolute Gasteiger partial charge is 0.344 e. The van der Waals surface area contributed by atoms with Gasteiger partial charge in [0.2, 0.25) is 0 Å². The number of aliphatic carboxylic acids is 1. The third-order valence-electron chi connectivity index (χ3n) is 2.13. The molecule has 0 fully saturated rings. The Morgan fingerprint density at radius 3 is 2.47 bits per heavy atom. The van der Waals surface area contributed by atoms with Crippen molar-refractivity contribution < 1.29 is 14.6 Å². The highest BCUT2D eigenvalue weighted by atomic mass is 16.5. The van der Waals surface area contributed by atoms with Crippen LogP contribution in [0.4, 0.5) is 0 Å². The Bertz CT molecular complexity index is 316. The van der Waals surface area contributed by atoms with E-state index in [9.17, 15) is 4.79 Å². The molecule has 1 atom stereocenters. The Balaban J connectivity index is 2.65. The molecule has 1 aromatic carbocycles. The zero-order valence-electron chi connectivity index (χ0n) is 9.06. The van der Waals surface area contributed by atoms with Gasteiger partial charge in [-0.2, -0.15) is 0 Å². The molecular formula is C12H16O3. The molecule has 0 amide bonds. The van der Waals surface area contributed by atoms with Gasteiger partial charge >= 0.3 is 5.97 Å². The number of benzene rings is 1. The molecule has 3 nitrogen and oxygen atoms in total. The zero-order valence-corrected chi connectivity index (χ0v) is 9.06. The van der Waals surface area contributed by atoms with Crippen molar-refractivity contribution in [1.82, 2.24) is 0 Å². The molecule has 1 aromatic rings. The summed E-state index contributed by atoms with van der Waals surface area (Å²) < 4.78 is 5.37. The van der Waals surface area contributed by atoms with E-state index < -0.39 is 12.1 Å².